The molecule has 0 unspecified atom stereocenters. The first-order valence-corrected chi connectivity index (χ1v) is 6.26. The average molecular weight is 257 g/mol. The lowest BCUT2D eigenvalue weighted by atomic mass is 10.2. The Labute approximate surface area is 111 Å². The molecule has 18 heavy (non-hydrogen) atoms. The van der Waals surface area contributed by atoms with Crippen LogP contribution in [0, 0.1) is 6.92 Å². The van der Waals surface area contributed by atoms with Crippen molar-refractivity contribution in [2.45, 2.75) is 13.5 Å². The van der Waals surface area contributed by atoms with Crippen LogP contribution in [-0.4, -0.2) is 9.55 Å². The molecule has 0 saturated heterocycles. The summed E-state index contributed by atoms with van der Waals surface area (Å²) in [4.78, 5) is 4.01. The van der Waals surface area contributed by atoms with Crippen molar-refractivity contribution in [3.63, 3.8) is 0 Å². The molecule has 3 rings (SSSR count). The molecule has 90 valence electrons. The van der Waals surface area contributed by atoms with Gasteiger partial charge in [-0.3, -0.25) is 4.98 Å². The number of rotatable bonds is 2. The van der Waals surface area contributed by atoms with E-state index in [0.717, 1.165) is 12.1 Å². The Morgan fingerprint density at radius 3 is 2.94 bits per heavy atom. The van der Waals surface area contributed by atoms with Crippen molar-refractivity contribution in [3.8, 4) is 0 Å². The van der Waals surface area contributed by atoms with Crippen molar-refractivity contribution in [1.29, 1.82) is 0 Å². The van der Waals surface area contributed by atoms with Gasteiger partial charge < -0.3 is 4.57 Å². The highest BCUT2D eigenvalue weighted by Gasteiger charge is 2.04. The van der Waals surface area contributed by atoms with Crippen molar-refractivity contribution in [2.24, 2.45) is 0 Å². The first kappa shape index (κ1) is 11.3. The summed E-state index contributed by atoms with van der Waals surface area (Å²) >= 11 is 6.14. The lowest BCUT2D eigenvalue weighted by Crippen LogP contribution is -1.98. The Morgan fingerprint density at radius 2 is 2.11 bits per heavy atom. The number of aromatic nitrogens is 2. The molecular formula is C15H13ClN2. The fraction of sp³-hybridized carbons (Fsp3) is 0.133. The molecular weight excluding hydrogens is 244 g/mol. The van der Waals surface area contributed by atoms with E-state index < -0.39 is 0 Å². The van der Waals surface area contributed by atoms with Gasteiger partial charge in [0, 0.05) is 30.7 Å². The van der Waals surface area contributed by atoms with Crippen LogP contribution in [-0.2, 0) is 6.54 Å². The van der Waals surface area contributed by atoms with Gasteiger partial charge in [-0.25, -0.2) is 0 Å². The van der Waals surface area contributed by atoms with E-state index in [2.05, 4.69) is 46.9 Å². The molecule has 2 aromatic heterocycles. The molecule has 2 heterocycles. The molecule has 3 aromatic rings. The van der Waals surface area contributed by atoms with Crippen LogP contribution in [0.15, 0.2) is 48.9 Å². The third kappa shape index (κ3) is 2.00. The molecule has 3 heteroatoms. The lowest BCUT2D eigenvalue weighted by molar-refractivity contribution is 0.835. The Kier molecular flexibility index (Phi) is 2.80. The molecule has 0 fully saturated rings. The highest BCUT2D eigenvalue weighted by atomic mass is 35.5. The fourth-order valence-electron chi connectivity index (χ4n) is 2.17. The summed E-state index contributed by atoms with van der Waals surface area (Å²) in [6.07, 6.45) is 5.56. The molecule has 0 saturated carbocycles. The molecule has 0 radical (unpaired) electrons. The number of nitrogens with zero attached hydrogens (tertiary/aromatic N) is 2. The van der Waals surface area contributed by atoms with Gasteiger partial charge in [0.25, 0.3) is 0 Å². The molecule has 0 spiro atoms. The van der Waals surface area contributed by atoms with Crippen LogP contribution < -0.4 is 0 Å². The standard InChI is InChI=1S/C15H13ClN2/c1-11-2-3-15-12(8-11)5-7-18(15)10-13-4-6-17-9-14(13)16/h2-9H,10H2,1H3. The molecule has 0 amide bonds. The minimum absolute atomic E-state index is 0.714. The van der Waals surface area contributed by atoms with E-state index in [4.69, 9.17) is 11.6 Å². The van der Waals surface area contributed by atoms with Crippen LogP contribution in [0.5, 0.6) is 0 Å². The lowest BCUT2D eigenvalue weighted by Gasteiger charge is -2.07. The SMILES string of the molecule is Cc1ccc2c(ccn2Cc2ccncc2Cl)c1. The summed E-state index contributed by atoms with van der Waals surface area (Å²) in [6.45, 7) is 2.88. The summed E-state index contributed by atoms with van der Waals surface area (Å²) in [5, 5.41) is 1.98. The van der Waals surface area contributed by atoms with E-state index in [1.54, 1.807) is 12.4 Å². The normalized spacial score (nSPS) is 11.0. The van der Waals surface area contributed by atoms with Gasteiger partial charge in [-0.05, 0) is 42.1 Å². The van der Waals surface area contributed by atoms with E-state index in [1.165, 1.54) is 16.5 Å². The van der Waals surface area contributed by atoms with Crippen molar-refractivity contribution >= 4 is 22.5 Å². The highest BCUT2D eigenvalue weighted by molar-refractivity contribution is 6.31. The van der Waals surface area contributed by atoms with E-state index in [9.17, 15) is 0 Å². The van der Waals surface area contributed by atoms with Crippen molar-refractivity contribution in [3.05, 3.63) is 65.1 Å². The highest BCUT2D eigenvalue weighted by Crippen LogP contribution is 2.21. The number of fused-ring (bicyclic) bond motifs is 1. The van der Waals surface area contributed by atoms with Crippen LogP contribution in [0.3, 0.4) is 0 Å². The van der Waals surface area contributed by atoms with Crippen LogP contribution in [0.4, 0.5) is 0 Å². The predicted octanol–water partition coefficient (Wildman–Crippen LogP) is 4.05. The third-order valence-electron chi connectivity index (χ3n) is 3.12. The van der Waals surface area contributed by atoms with Gasteiger partial charge in [0.2, 0.25) is 0 Å². The molecule has 0 aliphatic rings. The second-order valence-corrected chi connectivity index (χ2v) is 4.88. The number of hydrogen-bond acceptors (Lipinski definition) is 1. The van der Waals surface area contributed by atoms with Crippen LogP contribution >= 0.6 is 11.6 Å². The minimum atomic E-state index is 0.714. The molecule has 2 nitrogen and oxygen atoms in total. The Morgan fingerprint density at radius 1 is 1.22 bits per heavy atom. The molecule has 0 bridgehead atoms. The largest absolute Gasteiger partial charge is 0.343 e. The summed E-state index contributed by atoms with van der Waals surface area (Å²) in [7, 11) is 0. The molecule has 1 aromatic carbocycles. The van der Waals surface area contributed by atoms with Gasteiger partial charge in [-0.15, -0.1) is 0 Å². The summed E-state index contributed by atoms with van der Waals surface area (Å²) in [5.41, 5.74) is 3.60. The van der Waals surface area contributed by atoms with Crippen LogP contribution in [0.25, 0.3) is 10.9 Å². The maximum atomic E-state index is 6.14. The maximum Gasteiger partial charge on any atom is 0.0639 e. The Bertz CT molecular complexity index is 701. The van der Waals surface area contributed by atoms with E-state index in [0.29, 0.717) is 5.02 Å². The predicted molar refractivity (Wildman–Crippen MR) is 75.0 cm³/mol. The van der Waals surface area contributed by atoms with E-state index in [-0.39, 0.29) is 0 Å². The number of hydrogen-bond donors (Lipinski definition) is 0. The summed E-state index contributed by atoms with van der Waals surface area (Å²) < 4.78 is 2.20. The van der Waals surface area contributed by atoms with Gasteiger partial charge in [0.15, 0.2) is 0 Å². The Hall–Kier alpha value is -1.80. The van der Waals surface area contributed by atoms with Crippen molar-refractivity contribution in [2.75, 3.05) is 0 Å². The second kappa shape index (κ2) is 4.46. The third-order valence-corrected chi connectivity index (χ3v) is 3.46. The van der Waals surface area contributed by atoms with Gasteiger partial charge in [-0.1, -0.05) is 23.2 Å². The van der Waals surface area contributed by atoms with Crippen molar-refractivity contribution < 1.29 is 0 Å². The fourth-order valence-corrected chi connectivity index (χ4v) is 2.35. The zero-order valence-electron chi connectivity index (χ0n) is 10.1. The number of benzene rings is 1. The second-order valence-electron chi connectivity index (χ2n) is 4.47. The zero-order valence-corrected chi connectivity index (χ0v) is 10.9. The molecule has 0 atom stereocenters. The topological polar surface area (TPSA) is 17.8 Å². The van der Waals surface area contributed by atoms with Gasteiger partial charge in [0.1, 0.15) is 0 Å². The first-order valence-electron chi connectivity index (χ1n) is 5.88. The monoisotopic (exact) mass is 256 g/mol. The quantitative estimate of drug-likeness (QED) is 0.676. The van der Waals surface area contributed by atoms with Crippen LogP contribution in [0.2, 0.25) is 5.02 Å². The van der Waals surface area contributed by atoms with Gasteiger partial charge in [-0.2, -0.15) is 0 Å². The number of halogens is 1. The molecule has 0 aliphatic carbocycles. The Balaban J connectivity index is 2.03. The molecule has 0 N–H and O–H groups in total. The summed E-state index contributed by atoms with van der Waals surface area (Å²) in [6, 6.07) is 10.6. The minimum Gasteiger partial charge on any atom is -0.343 e. The number of pyridine rings is 1. The van der Waals surface area contributed by atoms with Gasteiger partial charge in [0.05, 0.1) is 5.02 Å². The van der Waals surface area contributed by atoms with Crippen LogP contribution in [0.1, 0.15) is 11.1 Å². The van der Waals surface area contributed by atoms with E-state index in [1.807, 2.05) is 6.07 Å². The average Bonchev–Trinajstić information content (AvgIpc) is 2.74. The smallest absolute Gasteiger partial charge is 0.0639 e. The molecule has 0 aliphatic heterocycles. The zero-order chi connectivity index (χ0) is 12.5. The van der Waals surface area contributed by atoms with E-state index >= 15 is 0 Å². The maximum absolute atomic E-state index is 6.14. The number of aryl methyl sites for hydroxylation is 1. The van der Waals surface area contributed by atoms with Gasteiger partial charge >= 0.3 is 0 Å². The first-order chi connectivity index (χ1) is 8.74. The van der Waals surface area contributed by atoms with Crippen molar-refractivity contribution in [1.82, 2.24) is 9.55 Å². The summed E-state index contributed by atoms with van der Waals surface area (Å²) in [5.74, 6) is 0.